The molecule has 0 saturated carbocycles. The zero-order valence-corrected chi connectivity index (χ0v) is 19.5. The lowest BCUT2D eigenvalue weighted by Gasteiger charge is -2.35. The van der Waals surface area contributed by atoms with E-state index in [-0.39, 0.29) is 11.8 Å². The highest BCUT2D eigenvalue weighted by atomic mass is 32.1. The van der Waals surface area contributed by atoms with Crippen molar-refractivity contribution in [1.82, 2.24) is 14.7 Å². The van der Waals surface area contributed by atoms with Crippen molar-refractivity contribution in [3.05, 3.63) is 40.3 Å². The number of ether oxygens (including phenoxy) is 1. The Labute approximate surface area is 188 Å². The quantitative estimate of drug-likeness (QED) is 0.691. The van der Waals surface area contributed by atoms with Crippen LogP contribution in [0.25, 0.3) is 10.4 Å². The van der Waals surface area contributed by atoms with Gasteiger partial charge in [0, 0.05) is 44.1 Å². The molecule has 1 aliphatic carbocycles. The minimum Gasteiger partial charge on any atom is -0.497 e. The third-order valence-electron chi connectivity index (χ3n) is 6.38. The van der Waals surface area contributed by atoms with Crippen LogP contribution >= 0.6 is 11.3 Å². The molecule has 0 unspecified atom stereocenters. The molecular formula is C24H31N3O3S. The Morgan fingerprint density at radius 1 is 1.03 bits per heavy atom. The molecule has 1 aliphatic heterocycles. The van der Waals surface area contributed by atoms with Gasteiger partial charge in [0.15, 0.2) is 0 Å². The van der Waals surface area contributed by atoms with Crippen molar-refractivity contribution in [3.8, 4) is 16.2 Å². The first-order chi connectivity index (χ1) is 15.0. The van der Waals surface area contributed by atoms with Crippen LogP contribution in [0.3, 0.4) is 0 Å². The Bertz CT molecular complexity index is 959. The molecule has 4 rings (SSSR count). The zero-order valence-electron chi connectivity index (χ0n) is 18.6. The number of methoxy groups -OCH3 is 1. The van der Waals surface area contributed by atoms with Crippen molar-refractivity contribution in [2.45, 2.75) is 26.7 Å². The molecule has 1 aromatic carbocycles. The van der Waals surface area contributed by atoms with Gasteiger partial charge in [-0.1, -0.05) is 0 Å². The number of benzene rings is 1. The number of aryl methyl sites for hydroxylation is 2. The summed E-state index contributed by atoms with van der Waals surface area (Å²) in [5.74, 6) is 1.17. The van der Waals surface area contributed by atoms with Gasteiger partial charge in [0.1, 0.15) is 5.75 Å². The highest BCUT2D eigenvalue weighted by Gasteiger charge is 2.27. The third-order valence-corrected chi connectivity index (χ3v) is 7.57. The highest BCUT2D eigenvalue weighted by Crippen LogP contribution is 2.41. The fourth-order valence-electron chi connectivity index (χ4n) is 4.48. The van der Waals surface area contributed by atoms with Crippen LogP contribution in [0.2, 0.25) is 0 Å². The Kier molecular flexibility index (Phi) is 6.62. The normalized spacial score (nSPS) is 15.9. The van der Waals surface area contributed by atoms with Crippen LogP contribution in [0.1, 0.15) is 34.6 Å². The number of thiophene rings is 1. The number of rotatable bonds is 6. The predicted molar refractivity (Wildman–Crippen MR) is 124 cm³/mol. The molecule has 7 heteroatoms. The number of likely N-dealkylation sites (N-methyl/N-ethyl adjacent to an activating group) is 1. The molecule has 166 valence electrons. The van der Waals surface area contributed by atoms with Crippen molar-refractivity contribution in [3.63, 3.8) is 0 Å². The second-order valence-electron chi connectivity index (χ2n) is 8.12. The Morgan fingerprint density at radius 3 is 2.42 bits per heavy atom. The second-order valence-corrected chi connectivity index (χ2v) is 9.17. The Hall–Kier alpha value is -2.38. The van der Waals surface area contributed by atoms with Crippen molar-refractivity contribution in [2.75, 3.05) is 52.9 Å². The van der Waals surface area contributed by atoms with Crippen LogP contribution in [0, 0.1) is 0 Å². The van der Waals surface area contributed by atoms with Gasteiger partial charge in [-0.3, -0.25) is 14.5 Å². The van der Waals surface area contributed by atoms with E-state index < -0.39 is 0 Å². The number of nitrogens with zero attached hydrogens (tertiary/aromatic N) is 3. The summed E-state index contributed by atoms with van der Waals surface area (Å²) >= 11 is 1.61. The molecule has 1 fully saturated rings. The molecule has 0 radical (unpaired) electrons. The maximum absolute atomic E-state index is 13.2. The van der Waals surface area contributed by atoms with Gasteiger partial charge in [0.2, 0.25) is 5.91 Å². The van der Waals surface area contributed by atoms with E-state index in [0.717, 1.165) is 49.6 Å². The van der Waals surface area contributed by atoms with Crippen LogP contribution in [-0.4, -0.2) is 79.4 Å². The lowest BCUT2D eigenvalue weighted by Crippen LogP contribution is -2.51. The van der Waals surface area contributed by atoms with E-state index in [1.54, 1.807) is 18.4 Å². The maximum Gasteiger partial charge on any atom is 0.264 e. The van der Waals surface area contributed by atoms with Gasteiger partial charge in [-0.25, -0.2) is 0 Å². The van der Waals surface area contributed by atoms with E-state index in [0.29, 0.717) is 19.6 Å². The van der Waals surface area contributed by atoms with Gasteiger partial charge in [-0.05, 0) is 67.6 Å². The van der Waals surface area contributed by atoms with Gasteiger partial charge < -0.3 is 14.5 Å². The van der Waals surface area contributed by atoms with E-state index in [1.807, 2.05) is 29.7 Å². The van der Waals surface area contributed by atoms with E-state index >= 15 is 0 Å². The molecule has 0 spiro atoms. The molecule has 0 N–H and O–H groups in total. The SMILES string of the molecule is CCN(CC)C(=O)CN1CCN(C(=O)c2cc3c(s2)-c2ccc(OC)cc2CC3)CC1. The molecule has 2 heterocycles. The first-order valence-corrected chi connectivity index (χ1v) is 11.9. The molecule has 2 amide bonds. The first-order valence-electron chi connectivity index (χ1n) is 11.1. The van der Waals surface area contributed by atoms with Crippen molar-refractivity contribution in [1.29, 1.82) is 0 Å². The lowest BCUT2D eigenvalue weighted by atomic mass is 9.91. The molecule has 0 bridgehead atoms. The standard InChI is InChI=1S/C24H31N3O3S/c1-4-26(5-2)22(28)16-25-10-12-27(13-11-25)24(29)21-15-18-7-6-17-14-19(30-3)8-9-20(17)23(18)31-21/h8-9,14-15H,4-7,10-13,16H2,1-3H3. The lowest BCUT2D eigenvalue weighted by molar-refractivity contribution is -0.132. The Morgan fingerprint density at radius 2 is 1.74 bits per heavy atom. The van der Waals surface area contributed by atoms with E-state index in [2.05, 4.69) is 23.1 Å². The molecule has 31 heavy (non-hydrogen) atoms. The maximum atomic E-state index is 13.2. The van der Waals surface area contributed by atoms with Crippen molar-refractivity contribution >= 4 is 23.2 Å². The number of piperazine rings is 1. The topological polar surface area (TPSA) is 53.1 Å². The first kappa shape index (κ1) is 21.8. The number of amides is 2. The zero-order chi connectivity index (χ0) is 22.0. The fourth-order valence-corrected chi connectivity index (χ4v) is 5.71. The van der Waals surface area contributed by atoms with Gasteiger partial charge in [0.05, 0.1) is 18.5 Å². The van der Waals surface area contributed by atoms with Gasteiger partial charge in [0.25, 0.3) is 5.91 Å². The Balaban J connectivity index is 1.40. The molecule has 0 atom stereocenters. The second kappa shape index (κ2) is 9.40. The summed E-state index contributed by atoms with van der Waals surface area (Å²) in [6.45, 7) is 8.76. The molecular weight excluding hydrogens is 410 g/mol. The molecule has 1 aromatic heterocycles. The van der Waals surface area contributed by atoms with Gasteiger partial charge >= 0.3 is 0 Å². The summed E-state index contributed by atoms with van der Waals surface area (Å²) in [7, 11) is 1.69. The molecule has 2 aliphatic rings. The van der Waals surface area contributed by atoms with Crippen molar-refractivity contribution in [2.24, 2.45) is 0 Å². The summed E-state index contributed by atoms with van der Waals surface area (Å²) in [5.41, 5.74) is 3.79. The average molecular weight is 442 g/mol. The number of hydrogen-bond donors (Lipinski definition) is 0. The molecule has 1 saturated heterocycles. The van der Waals surface area contributed by atoms with Crippen LogP contribution < -0.4 is 4.74 Å². The van der Waals surface area contributed by atoms with Crippen LogP contribution in [0.15, 0.2) is 24.3 Å². The average Bonchev–Trinajstić information content (AvgIpc) is 3.24. The van der Waals surface area contributed by atoms with Gasteiger partial charge in [-0.15, -0.1) is 11.3 Å². The summed E-state index contributed by atoms with van der Waals surface area (Å²) in [5, 5.41) is 0. The summed E-state index contributed by atoms with van der Waals surface area (Å²) in [6, 6.07) is 8.31. The molecule has 2 aromatic rings. The number of fused-ring (bicyclic) bond motifs is 3. The minimum atomic E-state index is 0.115. The minimum absolute atomic E-state index is 0.115. The van der Waals surface area contributed by atoms with Crippen LogP contribution in [-0.2, 0) is 17.6 Å². The highest BCUT2D eigenvalue weighted by molar-refractivity contribution is 7.17. The summed E-state index contributed by atoms with van der Waals surface area (Å²) in [4.78, 5) is 33.5. The largest absolute Gasteiger partial charge is 0.497 e. The van der Waals surface area contributed by atoms with Crippen molar-refractivity contribution < 1.29 is 14.3 Å². The van der Waals surface area contributed by atoms with Gasteiger partial charge in [-0.2, -0.15) is 0 Å². The van der Waals surface area contributed by atoms with E-state index in [9.17, 15) is 9.59 Å². The number of hydrogen-bond acceptors (Lipinski definition) is 5. The van der Waals surface area contributed by atoms with E-state index in [4.69, 9.17) is 4.74 Å². The predicted octanol–water partition coefficient (Wildman–Crippen LogP) is 3.15. The molecule has 6 nitrogen and oxygen atoms in total. The number of carbonyl (C=O) groups excluding carboxylic acids is 2. The third kappa shape index (κ3) is 4.48. The summed E-state index contributed by atoms with van der Waals surface area (Å²) in [6.07, 6.45) is 1.93. The van der Waals surface area contributed by atoms with E-state index in [1.165, 1.54) is 21.6 Å². The van der Waals surface area contributed by atoms with Crippen LogP contribution in [0.4, 0.5) is 0 Å². The summed E-state index contributed by atoms with van der Waals surface area (Å²) < 4.78 is 5.36. The number of carbonyl (C=O) groups is 2. The van der Waals surface area contributed by atoms with Crippen LogP contribution in [0.5, 0.6) is 5.75 Å². The smallest absolute Gasteiger partial charge is 0.264 e. The monoisotopic (exact) mass is 441 g/mol. The fraction of sp³-hybridized carbons (Fsp3) is 0.500.